The number of sulfone groups is 1. The van der Waals surface area contributed by atoms with E-state index in [0.717, 1.165) is 30.9 Å². The minimum absolute atomic E-state index is 0.0173. The second-order valence-electron chi connectivity index (χ2n) is 6.30. The Labute approximate surface area is 132 Å². The average Bonchev–Trinajstić information content (AvgIpc) is 2.93. The van der Waals surface area contributed by atoms with Crippen molar-refractivity contribution in [1.29, 1.82) is 5.26 Å². The third-order valence-corrected chi connectivity index (χ3v) is 6.15. The van der Waals surface area contributed by atoms with E-state index in [0.29, 0.717) is 12.8 Å². The molecule has 1 aromatic rings. The van der Waals surface area contributed by atoms with Crippen molar-refractivity contribution in [3.63, 3.8) is 0 Å². The number of aromatic nitrogens is 2. The van der Waals surface area contributed by atoms with Crippen LogP contribution in [-0.4, -0.2) is 43.3 Å². The fraction of sp³-hybridized carbons (Fsp3) is 0.733. The first kappa shape index (κ1) is 17.0. The summed E-state index contributed by atoms with van der Waals surface area (Å²) in [5.41, 5.74) is 3.28. The van der Waals surface area contributed by atoms with Crippen molar-refractivity contribution in [2.75, 3.05) is 25.1 Å². The van der Waals surface area contributed by atoms with Crippen LogP contribution in [-0.2, 0) is 16.4 Å². The first-order valence-corrected chi connectivity index (χ1v) is 9.59. The lowest BCUT2D eigenvalue weighted by atomic mass is 10.1. The van der Waals surface area contributed by atoms with Gasteiger partial charge in [0.25, 0.3) is 0 Å². The van der Waals surface area contributed by atoms with E-state index in [2.05, 4.69) is 18.2 Å². The van der Waals surface area contributed by atoms with Crippen LogP contribution in [0, 0.1) is 25.2 Å². The summed E-state index contributed by atoms with van der Waals surface area (Å²) >= 11 is 0. The molecule has 22 heavy (non-hydrogen) atoms. The van der Waals surface area contributed by atoms with Crippen LogP contribution < -0.4 is 4.90 Å². The highest BCUT2D eigenvalue weighted by Gasteiger charge is 2.31. The summed E-state index contributed by atoms with van der Waals surface area (Å²) in [7, 11) is -0.780. The van der Waals surface area contributed by atoms with Crippen LogP contribution in [0.3, 0.4) is 0 Å². The van der Waals surface area contributed by atoms with Crippen LogP contribution in [0.1, 0.15) is 42.3 Å². The minimum Gasteiger partial charge on any atom is -0.333 e. The number of unbranched alkanes of at least 4 members (excludes halogenated alkanes) is 1. The molecule has 2 atom stereocenters. The van der Waals surface area contributed by atoms with Gasteiger partial charge in [-0.1, -0.05) is 0 Å². The van der Waals surface area contributed by atoms with Gasteiger partial charge in [0.2, 0.25) is 0 Å². The lowest BCUT2D eigenvalue weighted by Gasteiger charge is -2.14. The van der Waals surface area contributed by atoms with Crippen molar-refractivity contribution < 1.29 is 13.3 Å². The lowest BCUT2D eigenvalue weighted by Crippen LogP contribution is -3.07. The molecule has 1 aromatic heterocycles. The molecule has 0 aromatic carbocycles. The maximum atomic E-state index is 11.7. The molecular weight excluding hydrogens is 300 g/mol. The number of hydrogen-bond donors (Lipinski definition) is 1. The van der Waals surface area contributed by atoms with Crippen molar-refractivity contribution >= 4 is 9.84 Å². The summed E-state index contributed by atoms with van der Waals surface area (Å²) in [6, 6.07) is 2.15. The van der Waals surface area contributed by atoms with Gasteiger partial charge in [-0.25, -0.2) is 8.42 Å². The molecule has 6 nitrogen and oxygen atoms in total. The quantitative estimate of drug-likeness (QED) is 0.757. The van der Waals surface area contributed by atoms with Crippen LogP contribution in [0.15, 0.2) is 0 Å². The van der Waals surface area contributed by atoms with Gasteiger partial charge in [0.1, 0.15) is 6.54 Å². The summed E-state index contributed by atoms with van der Waals surface area (Å²) in [5.74, 6) is 0.476. The Morgan fingerprint density at radius 1 is 1.45 bits per heavy atom. The summed E-state index contributed by atoms with van der Waals surface area (Å²) in [6.45, 7) is 5.84. The van der Waals surface area contributed by atoms with Gasteiger partial charge in [-0.05, 0) is 20.3 Å². The molecule has 0 bridgehead atoms. The molecule has 2 heterocycles. The molecule has 1 fully saturated rings. The Morgan fingerprint density at radius 2 is 2.18 bits per heavy atom. The fourth-order valence-corrected chi connectivity index (χ4v) is 4.83. The van der Waals surface area contributed by atoms with Crippen molar-refractivity contribution in [1.82, 2.24) is 9.78 Å². The normalized spacial score (nSPS) is 21.6. The van der Waals surface area contributed by atoms with Crippen LogP contribution in [0.4, 0.5) is 0 Å². The van der Waals surface area contributed by atoms with Crippen molar-refractivity contribution in [2.45, 2.75) is 45.7 Å². The van der Waals surface area contributed by atoms with Gasteiger partial charge in [-0.2, -0.15) is 10.4 Å². The Balaban J connectivity index is 2.09. The van der Waals surface area contributed by atoms with Crippen LogP contribution >= 0.6 is 0 Å². The number of aryl methyl sites for hydroxylation is 1. The maximum absolute atomic E-state index is 11.7. The third-order valence-electron chi connectivity index (χ3n) is 4.40. The van der Waals surface area contributed by atoms with Gasteiger partial charge in [0.15, 0.2) is 9.84 Å². The molecule has 0 spiro atoms. The molecule has 0 saturated carbocycles. The molecule has 0 aliphatic carbocycles. The topological polar surface area (TPSA) is 80.2 Å². The fourth-order valence-electron chi connectivity index (χ4n) is 3.14. The van der Waals surface area contributed by atoms with Crippen molar-refractivity contribution in [3.05, 3.63) is 17.0 Å². The van der Waals surface area contributed by atoms with Gasteiger partial charge in [-0.15, -0.1) is 0 Å². The van der Waals surface area contributed by atoms with E-state index in [1.807, 2.05) is 18.5 Å². The highest BCUT2D eigenvalue weighted by atomic mass is 32.2. The van der Waals surface area contributed by atoms with Crippen molar-refractivity contribution in [2.24, 2.45) is 0 Å². The van der Waals surface area contributed by atoms with Crippen LogP contribution in [0.5, 0.6) is 0 Å². The first-order chi connectivity index (χ1) is 10.3. The number of nitriles is 1. The summed E-state index contributed by atoms with van der Waals surface area (Å²) < 4.78 is 25.3. The standard InChI is InChI=1S/C15H24N4O2S/c1-12-15(10-18(3)8-5-4-7-16)13(2)19(17-12)14-6-9-22(20,21)11-14/h14H,4-6,8-11H2,1-3H3/p+1/t14-/m1/s1. The highest BCUT2D eigenvalue weighted by Crippen LogP contribution is 2.26. The molecule has 1 unspecified atom stereocenters. The van der Waals surface area contributed by atoms with Gasteiger partial charge in [-0.3, -0.25) is 4.68 Å². The Kier molecular flexibility index (Phi) is 5.24. The second kappa shape index (κ2) is 6.80. The molecule has 1 aliphatic heterocycles. The smallest absolute Gasteiger partial charge is 0.152 e. The van der Waals surface area contributed by atoms with E-state index >= 15 is 0 Å². The zero-order valence-corrected chi connectivity index (χ0v) is 14.4. The zero-order chi connectivity index (χ0) is 16.3. The maximum Gasteiger partial charge on any atom is 0.152 e. The molecule has 0 radical (unpaired) electrons. The Hall–Kier alpha value is -1.39. The Morgan fingerprint density at radius 3 is 2.77 bits per heavy atom. The SMILES string of the molecule is Cc1nn([C@@H]2CCS(=O)(=O)C2)c(C)c1C[NH+](C)CCCC#N. The van der Waals surface area contributed by atoms with E-state index in [-0.39, 0.29) is 17.5 Å². The van der Waals surface area contributed by atoms with Crippen LogP contribution in [0.25, 0.3) is 0 Å². The number of hydrogen-bond acceptors (Lipinski definition) is 4. The predicted octanol–water partition coefficient (Wildman–Crippen LogP) is 0.178. The van der Waals surface area contributed by atoms with Gasteiger partial charge in [0, 0.05) is 18.5 Å². The molecule has 1 saturated heterocycles. The van der Waals surface area contributed by atoms with E-state index in [1.54, 1.807) is 0 Å². The van der Waals surface area contributed by atoms with E-state index < -0.39 is 9.84 Å². The minimum atomic E-state index is -2.90. The largest absolute Gasteiger partial charge is 0.333 e. The molecule has 122 valence electrons. The van der Waals surface area contributed by atoms with E-state index in [1.165, 1.54) is 10.5 Å². The number of nitrogens with zero attached hydrogens (tertiary/aromatic N) is 3. The third kappa shape index (κ3) is 3.87. The summed E-state index contributed by atoms with van der Waals surface area (Å²) in [4.78, 5) is 1.35. The molecule has 7 heteroatoms. The number of nitrogens with one attached hydrogen (secondary N) is 1. The second-order valence-corrected chi connectivity index (χ2v) is 8.53. The van der Waals surface area contributed by atoms with Gasteiger partial charge in [0.05, 0.1) is 48.5 Å². The number of quaternary nitrogens is 1. The molecule has 0 amide bonds. The number of rotatable bonds is 6. The molecule has 1 aliphatic rings. The molecular formula is C15H25N4O2S+. The van der Waals surface area contributed by atoms with Gasteiger partial charge >= 0.3 is 0 Å². The first-order valence-electron chi connectivity index (χ1n) is 7.77. The predicted molar refractivity (Wildman–Crippen MR) is 84.3 cm³/mol. The molecule has 2 rings (SSSR count). The Bertz CT molecular complexity index is 672. The summed E-state index contributed by atoms with van der Waals surface area (Å²) in [6.07, 6.45) is 2.15. The van der Waals surface area contributed by atoms with Gasteiger partial charge < -0.3 is 4.90 Å². The van der Waals surface area contributed by atoms with E-state index in [9.17, 15) is 8.42 Å². The zero-order valence-electron chi connectivity index (χ0n) is 13.6. The highest BCUT2D eigenvalue weighted by molar-refractivity contribution is 7.91. The van der Waals surface area contributed by atoms with Crippen LogP contribution in [0.2, 0.25) is 0 Å². The van der Waals surface area contributed by atoms with Crippen molar-refractivity contribution in [3.8, 4) is 6.07 Å². The lowest BCUT2D eigenvalue weighted by molar-refractivity contribution is -0.894. The average molecular weight is 325 g/mol. The monoisotopic (exact) mass is 325 g/mol. The molecule has 1 N–H and O–H groups in total. The summed E-state index contributed by atoms with van der Waals surface area (Å²) in [5, 5.41) is 13.2. The van der Waals surface area contributed by atoms with E-state index in [4.69, 9.17) is 5.26 Å².